The average Bonchev–Trinajstić information content (AvgIpc) is 2.04. The highest BCUT2D eigenvalue weighted by atomic mass is 35.5. The molecule has 80 valence electrons. The van der Waals surface area contributed by atoms with Crippen LogP contribution in [-0.2, 0) is 0 Å². The zero-order chi connectivity index (χ0) is 9.84. The standard InChI is InChI=1S/C9H10F3N.ClH/c10-7-3-1-6(2-4-7)8(13)5-9(11)12;/h1-4,8-9H,5,13H2;1H/t8-;/m0./s1. The summed E-state index contributed by atoms with van der Waals surface area (Å²) >= 11 is 0. The van der Waals surface area contributed by atoms with Crippen LogP contribution >= 0.6 is 12.4 Å². The molecule has 0 unspecified atom stereocenters. The number of halogens is 4. The minimum atomic E-state index is -2.43. The lowest BCUT2D eigenvalue weighted by Crippen LogP contribution is -2.13. The normalized spacial score (nSPS) is 12.4. The van der Waals surface area contributed by atoms with Gasteiger partial charge in [-0.05, 0) is 17.7 Å². The molecule has 1 aromatic rings. The van der Waals surface area contributed by atoms with Crippen molar-refractivity contribution < 1.29 is 13.2 Å². The zero-order valence-electron chi connectivity index (χ0n) is 7.29. The molecule has 0 fully saturated rings. The smallest absolute Gasteiger partial charge is 0.240 e. The molecule has 0 aromatic heterocycles. The Morgan fingerprint density at radius 3 is 2.07 bits per heavy atom. The van der Waals surface area contributed by atoms with Crippen molar-refractivity contribution >= 4 is 12.4 Å². The summed E-state index contributed by atoms with van der Waals surface area (Å²) in [6.07, 6.45) is -2.83. The lowest BCUT2D eigenvalue weighted by atomic mass is 10.1. The average molecular weight is 226 g/mol. The molecule has 0 heterocycles. The number of alkyl halides is 2. The third kappa shape index (κ3) is 3.98. The third-order valence-corrected chi connectivity index (χ3v) is 1.73. The van der Waals surface area contributed by atoms with E-state index < -0.39 is 24.7 Å². The number of benzene rings is 1. The summed E-state index contributed by atoms with van der Waals surface area (Å²) in [5, 5.41) is 0. The maximum atomic E-state index is 12.4. The van der Waals surface area contributed by atoms with E-state index in [0.717, 1.165) is 0 Å². The monoisotopic (exact) mass is 225 g/mol. The fourth-order valence-electron chi connectivity index (χ4n) is 1.04. The van der Waals surface area contributed by atoms with Crippen molar-refractivity contribution in [1.29, 1.82) is 0 Å². The van der Waals surface area contributed by atoms with Crippen molar-refractivity contribution in [2.45, 2.75) is 18.9 Å². The maximum Gasteiger partial charge on any atom is 0.240 e. The van der Waals surface area contributed by atoms with Crippen molar-refractivity contribution in [1.82, 2.24) is 0 Å². The quantitative estimate of drug-likeness (QED) is 0.841. The molecule has 0 aliphatic carbocycles. The van der Waals surface area contributed by atoms with Gasteiger partial charge in [0.2, 0.25) is 6.43 Å². The Hall–Kier alpha value is -0.740. The molecule has 1 aromatic carbocycles. The van der Waals surface area contributed by atoms with Crippen LogP contribution in [0.3, 0.4) is 0 Å². The largest absolute Gasteiger partial charge is 0.324 e. The van der Waals surface area contributed by atoms with Crippen molar-refractivity contribution in [2.75, 3.05) is 0 Å². The highest BCUT2D eigenvalue weighted by molar-refractivity contribution is 5.85. The van der Waals surface area contributed by atoms with E-state index in [9.17, 15) is 13.2 Å². The van der Waals surface area contributed by atoms with E-state index in [2.05, 4.69) is 0 Å². The van der Waals surface area contributed by atoms with E-state index in [1.165, 1.54) is 24.3 Å². The molecule has 0 radical (unpaired) electrons. The Kier molecular flexibility index (Phi) is 5.57. The molecule has 0 aliphatic rings. The second-order valence-corrected chi connectivity index (χ2v) is 2.78. The summed E-state index contributed by atoms with van der Waals surface area (Å²) in [6, 6.07) is 4.53. The summed E-state index contributed by atoms with van der Waals surface area (Å²) < 4.78 is 36.2. The number of hydrogen-bond acceptors (Lipinski definition) is 1. The van der Waals surface area contributed by atoms with Gasteiger partial charge < -0.3 is 5.73 Å². The summed E-state index contributed by atoms with van der Waals surface area (Å²) in [4.78, 5) is 0. The maximum absolute atomic E-state index is 12.4. The molecule has 1 rings (SSSR count). The van der Waals surface area contributed by atoms with Crippen molar-refractivity contribution in [3.05, 3.63) is 35.6 Å². The lowest BCUT2D eigenvalue weighted by molar-refractivity contribution is 0.128. The predicted octanol–water partition coefficient (Wildman–Crippen LogP) is 2.90. The van der Waals surface area contributed by atoms with Crippen molar-refractivity contribution in [2.24, 2.45) is 5.73 Å². The van der Waals surface area contributed by atoms with Crippen molar-refractivity contribution in [3.63, 3.8) is 0 Å². The first-order valence-electron chi connectivity index (χ1n) is 3.89. The fourth-order valence-corrected chi connectivity index (χ4v) is 1.04. The van der Waals surface area contributed by atoms with Gasteiger partial charge in [0.25, 0.3) is 0 Å². The molecular weight excluding hydrogens is 215 g/mol. The number of rotatable bonds is 3. The van der Waals surface area contributed by atoms with Crippen LogP contribution in [0.25, 0.3) is 0 Å². The van der Waals surface area contributed by atoms with Crippen LogP contribution < -0.4 is 5.73 Å². The Morgan fingerprint density at radius 2 is 1.64 bits per heavy atom. The molecule has 0 bridgehead atoms. The van der Waals surface area contributed by atoms with Gasteiger partial charge in [0.05, 0.1) is 0 Å². The lowest BCUT2D eigenvalue weighted by Gasteiger charge is -2.10. The van der Waals surface area contributed by atoms with Gasteiger partial charge in [0.15, 0.2) is 0 Å². The second kappa shape index (κ2) is 5.88. The third-order valence-electron chi connectivity index (χ3n) is 1.73. The van der Waals surface area contributed by atoms with E-state index in [-0.39, 0.29) is 12.4 Å². The first kappa shape index (κ1) is 13.3. The first-order valence-corrected chi connectivity index (χ1v) is 3.89. The van der Waals surface area contributed by atoms with Gasteiger partial charge in [0, 0.05) is 12.5 Å². The molecule has 1 nitrogen and oxygen atoms in total. The molecule has 1 atom stereocenters. The summed E-state index contributed by atoms with van der Waals surface area (Å²) in [6.45, 7) is 0. The topological polar surface area (TPSA) is 26.0 Å². The van der Waals surface area contributed by atoms with Gasteiger partial charge in [-0.3, -0.25) is 0 Å². The van der Waals surface area contributed by atoms with Gasteiger partial charge in [-0.25, -0.2) is 13.2 Å². The molecule has 0 saturated carbocycles. The van der Waals surface area contributed by atoms with E-state index >= 15 is 0 Å². The van der Waals surface area contributed by atoms with Gasteiger partial charge in [-0.1, -0.05) is 12.1 Å². The highest BCUT2D eigenvalue weighted by Crippen LogP contribution is 2.17. The SMILES string of the molecule is Cl.N[C@@H](CC(F)F)c1ccc(F)cc1. The number of nitrogens with two attached hydrogens (primary N) is 1. The fraction of sp³-hybridized carbons (Fsp3) is 0.333. The van der Waals surface area contributed by atoms with Crippen LogP contribution in [0.2, 0.25) is 0 Å². The molecule has 14 heavy (non-hydrogen) atoms. The molecule has 5 heteroatoms. The van der Waals surface area contributed by atoms with E-state index in [0.29, 0.717) is 5.56 Å². The Balaban J connectivity index is 0.00000169. The Morgan fingerprint density at radius 1 is 1.14 bits per heavy atom. The van der Waals surface area contributed by atoms with Crippen LogP contribution in [0.5, 0.6) is 0 Å². The Bertz CT molecular complexity index is 263. The van der Waals surface area contributed by atoms with Crippen LogP contribution in [0.15, 0.2) is 24.3 Å². The number of hydrogen-bond donors (Lipinski definition) is 1. The van der Waals surface area contributed by atoms with Crippen LogP contribution in [-0.4, -0.2) is 6.43 Å². The van der Waals surface area contributed by atoms with Gasteiger partial charge in [-0.2, -0.15) is 0 Å². The van der Waals surface area contributed by atoms with Crippen LogP contribution in [0, 0.1) is 5.82 Å². The zero-order valence-corrected chi connectivity index (χ0v) is 8.11. The Labute approximate surface area is 86.5 Å². The molecule has 0 saturated heterocycles. The summed E-state index contributed by atoms with van der Waals surface area (Å²) in [7, 11) is 0. The summed E-state index contributed by atoms with van der Waals surface area (Å²) in [5.74, 6) is -0.395. The van der Waals surface area contributed by atoms with Gasteiger partial charge in [0.1, 0.15) is 5.82 Å². The predicted molar refractivity (Wildman–Crippen MR) is 51.2 cm³/mol. The van der Waals surface area contributed by atoms with E-state index in [1.54, 1.807) is 0 Å². The minimum absolute atomic E-state index is 0. The minimum Gasteiger partial charge on any atom is -0.324 e. The van der Waals surface area contributed by atoms with Gasteiger partial charge in [-0.15, -0.1) is 12.4 Å². The van der Waals surface area contributed by atoms with Crippen LogP contribution in [0.1, 0.15) is 18.0 Å². The van der Waals surface area contributed by atoms with Crippen LogP contribution in [0.4, 0.5) is 13.2 Å². The summed E-state index contributed by atoms with van der Waals surface area (Å²) in [5.41, 5.74) is 5.97. The molecule has 0 aliphatic heterocycles. The molecule has 2 N–H and O–H groups in total. The highest BCUT2D eigenvalue weighted by Gasteiger charge is 2.12. The van der Waals surface area contributed by atoms with Crippen molar-refractivity contribution in [3.8, 4) is 0 Å². The van der Waals surface area contributed by atoms with E-state index in [4.69, 9.17) is 5.73 Å². The molecule has 0 amide bonds. The molecular formula is C9H11ClF3N. The molecule has 0 spiro atoms. The van der Waals surface area contributed by atoms with E-state index in [1.807, 2.05) is 0 Å². The second-order valence-electron chi connectivity index (χ2n) is 2.78. The first-order chi connectivity index (χ1) is 6.09. The van der Waals surface area contributed by atoms with Gasteiger partial charge >= 0.3 is 0 Å².